The third-order valence-electron chi connectivity index (χ3n) is 2.37. The number of methoxy groups -OCH3 is 1. The normalized spacial score (nSPS) is 14.9. The molecule has 0 fully saturated rings. The van der Waals surface area contributed by atoms with Gasteiger partial charge in [-0.25, -0.2) is 0 Å². The van der Waals surface area contributed by atoms with E-state index in [1.807, 2.05) is 13.0 Å². The van der Waals surface area contributed by atoms with E-state index in [-0.39, 0.29) is 0 Å². The van der Waals surface area contributed by atoms with Crippen molar-refractivity contribution in [2.45, 2.75) is 25.4 Å². The molecule has 0 radical (unpaired) electrons. The highest BCUT2D eigenvalue weighted by Gasteiger charge is 2.25. The van der Waals surface area contributed by atoms with E-state index in [0.29, 0.717) is 19.4 Å². The first-order chi connectivity index (χ1) is 7.09. The molecule has 15 heavy (non-hydrogen) atoms. The van der Waals surface area contributed by atoms with Gasteiger partial charge in [-0.15, -0.1) is 0 Å². The van der Waals surface area contributed by atoms with Gasteiger partial charge in [-0.2, -0.15) is 0 Å². The SMILES string of the molecule is CCC(O)(COC)Cc1cncc(Br)c1. The number of rotatable bonds is 5. The van der Waals surface area contributed by atoms with Gasteiger partial charge in [0.05, 0.1) is 12.2 Å². The molecular weight excluding hydrogens is 258 g/mol. The topological polar surface area (TPSA) is 42.4 Å². The summed E-state index contributed by atoms with van der Waals surface area (Å²) in [4.78, 5) is 4.06. The van der Waals surface area contributed by atoms with Crippen LogP contribution in [-0.2, 0) is 11.2 Å². The van der Waals surface area contributed by atoms with Crippen LogP contribution in [-0.4, -0.2) is 29.4 Å². The second kappa shape index (κ2) is 5.58. The summed E-state index contributed by atoms with van der Waals surface area (Å²) in [6, 6.07) is 1.96. The van der Waals surface area contributed by atoms with Gasteiger partial charge in [0.2, 0.25) is 0 Å². The smallest absolute Gasteiger partial charge is 0.0918 e. The third-order valence-corrected chi connectivity index (χ3v) is 2.80. The molecule has 1 atom stereocenters. The fourth-order valence-electron chi connectivity index (χ4n) is 1.48. The molecule has 3 nitrogen and oxygen atoms in total. The predicted molar refractivity (Wildman–Crippen MR) is 62.8 cm³/mol. The molecule has 0 bridgehead atoms. The summed E-state index contributed by atoms with van der Waals surface area (Å²) >= 11 is 3.36. The Morgan fingerprint density at radius 3 is 2.80 bits per heavy atom. The van der Waals surface area contributed by atoms with Gasteiger partial charge in [0, 0.05) is 30.4 Å². The minimum absolute atomic E-state index is 0.343. The van der Waals surface area contributed by atoms with Crippen molar-refractivity contribution in [3.8, 4) is 0 Å². The molecule has 84 valence electrons. The monoisotopic (exact) mass is 273 g/mol. The third kappa shape index (κ3) is 3.89. The number of halogens is 1. The largest absolute Gasteiger partial charge is 0.387 e. The first-order valence-corrected chi connectivity index (χ1v) is 5.69. The minimum Gasteiger partial charge on any atom is -0.387 e. The van der Waals surface area contributed by atoms with Crippen LogP contribution in [0.4, 0.5) is 0 Å². The van der Waals surface area contributed by atoms with Crippen molar-refractivity contribution >= 4 is 15.9 Å². The lowest BCUT2D eigenvalue weighted by molar-refractivity contribution is -0.0333. The van der Waals surface area contributed by atoms with Gasteiger partial charge in [0.25, 0.3) is 0 Å². The van der Waals surface area contributed by atoms with Crippen molar-refractivity contribution in [3.63, 3.8) is 0 Å². The lowest BCUT2D eigenvalue weighted by atomic mass is 9.94. The van der Waals surface area contributed by atoms with E-state index < -0.39 is 5.60 Å². The number of hydrogen-bond acceptors (Lipinski definition) is 3. The van der Waals surface area contributed by atoms with Crippen LogP contribution in [0.5, 0.6) is 0 Å². The van der Waals surface area contributed by atoms with Crippen LogP contribution in [0.3, 0.4) is 0 Å². The van der Waals surface area contributed by atoms with Gasteiger partial charge in [0.1, 0.15) is 0 Å². The molecule has 0 amide bonds. The van der Waals surface area contributed by atoms with Crippen LogP contribution in [0.1, 0.15) is 18.9 Å². The van der Waals surface area contributed by atoms with Crippen molar-refractivity contribution in [1.82, 2.24) is 4.98 Å². The molecule has 0 aliphatic carbocycles. The van der Waals surface area contributed by atoms with E-state index in [2.05, 4.69) is 20.9 Å². The Labute approximate surface area is 98.6 Å². The summed E-state index contributed by atoms with van der Waals surface area (Å²) in [6.45, 7) is 2.29. The average Bonchev–Trinajstić information content (AvgIpc) is 2.18. The van der Waals surface area contributed by atoms with E-state index >= 15 is 0 Å². The van der Waals surface area contributed by atoms with Crippen LogP contribution in [0, 0.1) is 0 Å². The predicted octanol–water partition coefficient (Wildman–Crippen LogP) is 2.17. The highest BCUT2D eigenvalue weighted by molar-refractivity contribution is 9.10. The van der Waals surface area contributed by atoms with Crippen LogP contribution >= 0.6 is 15.9 Å². The zero-order valence-electron chi connectivity index (χ0n) is 9.03. The molecule has 1 N–H and O–H groups in total. The molecule has 1 aromatic heterocycles. The lowest BCUT2D eigenvalue weighted by Crippen LogP contribution is -2.35. The molecule has 0 aliphatic heterocycles. The van der Waals surface area contributed by atoms with Crippen LogP contribution in [0.2, 0.25) is 0 Å². The number of pyridine rings is 1. The summed E-state index contributed by atoms with van der Waals surface area (Å²) in [5.74, 6) is 0. The summed E-state index contributed by atoms with van der Waals surface area (Å²) in [7, 11) is 1.60. The first-order valence-electron chi connectivity index (χ1n) is 4.90. The fraction of sp³-hybridized carbons (Fsp3) is 0.545. The maximum absolute atomic E-state index is 10.2. The molecular formula is C11H16BrNO2. The molecule has 1 unspecified atom stereocenters. The zero-order chi connectivity index (χ0) is 11.3. The van der Waals surface area contributed by atoms with Gasteiger partial charge >= 0.3 is 0 Å². The Bertz CT molecular complexity index is 319. The lowest BCUT2D eigenvalue weighted by Gasteiger charge is -2.25. The summed E-state index contributed by atoms with van der Waals surface area (Å²) < 4.78 is 5.94. The molecule has 0 aromatic carbocycles. The summed E-state index contributed by atoms with van der Waals surface area (Å²) in [5, 5.41) is 10.2. The Hall–Kier alpha value is -0.450. The van der Waals surface area contributed by atoms with Crippen molar-refractivity contribution in [1.29, 1.82) is 0 Å². The Morgan fingerprint density at radius 1 is 1.53 bits per heavy atom. The molecule has 0 spiro atoms. The first kappa shape index (κ1) is 12.6. The fourth-order valence-corrected chi connectivity index (χ4v) is 1.89. The molecule has 1 rings (SSSR count). The number of nitrogens with zero attached hydrogens (tertiary/aromatic N) is 1. The highest BCUT2D eigenvalue weighted by Crippen LogP contribution is 2.19. The van der Waals surface area contributed by atoms with Crippen LogP contribution in [0.25, 0.3) is 0 Å². The second-order valence-electron chi connectivity index (χ2n) is 3.70. The van der Waals surface area contributed by atoms with E-state index in [0.717, 1.165) is 10.0 Å². The van der Waals surface area contributed by atoms with E-state index in [4.69, 9.17) is 4.74 Å². The Balaban J connectivity index is 2.74. The maximum atomic E-state index is 10.2. The average molecular weight is 274 g/mol. The molecule has 1 heterocycles. The van der Waals surface area contributed by atoms with Crippen LogP contribution in [0.15, 0.2) is 22.9 Å². The van der Waals surface area contributed by atoms with Gasteiger partial charge in [0.15, 0.2) is 0 Å². The van der Waals surface area contributed by atoms with E-state index in [9.17, 15) is 5.11 Å². The van der Waals surface area contributed by atoms with Gasteiger partial charge in [-0.1, -0.05) is 6.92 Å². The molecule has 1 aromatic rings. The summed E-state index contributed by atoms with van der Waals surface area (Å²) in [6.07, 6.45) is 4.71. The minimum atomic E-state index is -0.794. The van der Waals surface area contributed by atoms with Crippen molar-refractivity contribution in [2.24, 2.45) is 0 Å². The summed E-state index contributed by atoms with van der Waals surface area (Å²) in [5.41, 5.74) is 0.211. The number of hydrogen-bond donors (Lipinski definition) is 1. The number of aliphatic hydroxyl groups is 1. The molecule has 0 saturated carbocycles. The van der Waals surface area contributed by atoms with E-state index in [1.54, 1.807) is 19.5 Å². The second-order valence-corrected chi connectivity index (χ2v) is 4.61. The van der Waals surface area contributed by atoms with Crippen molar-refractivity contribution in [3.05, 3.63) is 28.5 Å². The maximum Gasteiger partial charge on any atom is 0.0918 e. The Morgan fingerprint density at radius 2 is 2.27 bits per heavy atom. The van der Waals surface area contributed by atoms with Gasteiger partial charge < -0.3 is 9.84 Å². The Kier molecular flexibility index (Phi) is 4.70. The quantitative estimate of drug-likeness (QED) is 0.894. The van der Waals surface area contributed by atoms with Gasteiger partial charge in [-0.3, -0.25) is 4.98 Å². The molecule has 0 saturated heterocycles. The van der Waals surface area contributed by atoms with Gasteiger partial charge in [-0.05, 0) is 34.0 Å². The molecule has 0 aliphatic rings. The number of ether oxygens (including phenoxy) is 1. The van der Waals surface area contributed by atoms with Crippen molar-refractivity contribution < 1.29 is 9.84 Å². The molecule has 4 heteroatoms. The standard InChI is InChI=1S/C11H16BrNO2/c1-3-11(14,8-15-2)5-9-4-10(12)7-13-6-9/h4,6-7,14H,3,5,8H2,1-2H3. The van der Waals surface area contributed by atoms with Crippen molar-refractivity contribution in [2.75, 3.05) is 13.7 Å². The zero-order valence-corrected chi connectivity index (χ0v) is 10.6. The highest BCUT2D eigenvalue weighted by atomic mass is 79.9. The number of aromatic nitrogens is 1. The van der Waals surface area contributed by atoms with E-state index in [1.165, 1.54) is 0 Å². The van der Waals surface area contributed by atoms with Crippen LogP contribution < -0.4 is 0 Å².